The van der Waals surface area contributed by atoms with Crippen LogP contribution < -0.4 is 10.1 Å². The van der Waals surface area contributed by atoms with Crippen molar-refractivity contribution in [3.63, 3.8) is 0 Å². The second-order valence-corrected chi connectivity index (χ2v) is 10.0. The third kappa shape index (κ3) is 5.60. The van der Waals surface area contributed by atoms with Gasteiger partial charge >= 0.3 is 0 Å². The Hall–Kier alpha value is -1.94. The van der Waals surface area contributed by atoms with Gasteiger partial charge in [-0.25, -0.2) is 8.42 Å². The van der Waals surface area contributed by atoms with Crippen LogP contribution in [0.3, 0.4) is 0 Å². The Kier molecular flexibility index (Phi) is 7.51. The minimum atomic E-state index is -3.57. The predicted molar refractivity (Wildman–Crippen MR) is 120 cm³/mol. The van der Waals surface area contributed by atoms with Crippen LogP contribution in [-0.4, -0.2) is 63.9 Å². The number of likely N-dealkylation sites (N-methyl/N-ethyl adjacent to an activating group) is 1. The van der Waals surface area contributed by atoms with E-state index in [-0.39, 0.29) is 17.2 Å². The molecule has 1 fully saturated rings. The molecule has 1 saturated heterocycles. The Balaban J connectivity index is 1.62. The van der Waals surface area contributed by atoms with Crippen LogP contribution in [0.15, 0.2) is 51.8 Å². The summed E-state index contributed by atoms with van der Waals surface area (Å²) in [7, 11) is 0.00724. The van der Waals surface area contributed by atoms with Gasteiger partial charge in [-0.1, -0.05) is 12.1 Å². The number of piperazine rings is 1. The first-order valence-corrected chi connectivity index (χ1v) is 11.9. The number of benzene rings is 2. The van der Waals surface area contributed by atoms with E-state index in [2.05, 4.69) is 26.1 Å². The highest BCUT2D eigenvalue weighted by Crippen LogP contribution is 2.26. The molecule has 0 unspecified atom stereocenters. The van der Waals surface area contributed by atoms with Gasteiger partial charge in [0.25, 0.3) is 0 Å². The molecule has 1 aliphatic rings. The van der Waals surface area contributed by atoms with E-state index in [9.17, 15) is 13.2 Å². The van der Waals surface area contributed by atoms with E-state index in [4.69, 9.17) is 4.74 Å². The molecule has 0 saturated carbocycles. The van der Waals surface area contributed by atoms with E-state index in [0.717, 1.165) is 15.8 Å². The van der Waals surface area contributed by atoms with Crippen molar-refractivity contribution in [1.29, 1.82) is 0 Å². The average molecular weight is 496 g/mol. The monoisotopic (exact) mass is 495 g/mol. The number of nitrogens with one attached hydrogen (secondary N) is 1. The third-order valence-corrected chi connectivity index (χ3v) is 7.59. The lowest BCUT2D eigenvalue weighted by molar-refractivity contribution is -0.116. The molecule has 0 bridgehead atoms. The van der Waals surface area contributed by atoms with E-state index in [1.54, 1.807) is 25.3 Å². The van der Waals surface area contributed by atoms with Crippen molar-refractivity contribution in [2.45, 2.75) is 17.7 Å². The minimum absolute atomic E-state index is 0.170. The summed E-state index contributed by atoms with van der Waals surface area (Å²) >= 11 is 3.44. The fourth-order valence-corrected chi connectivity index (χ4v) is 5.32. The number of methoxy groups -OCH3 is 1. The van der Waals surface area contributed by atoms with Crippen LogP contribution in [0.25, 0.3) is 0 Å². The lowest BCUT2D eigenvalue weighted by Crippen LogP contribution is -2.47. The molecule has 0 spiro atoms. The van der Waals surface area contributed by atoms with Gasteiger partial charge in [0.05, 0.1) is 16.5 Å². The first-order chi connectivity index (χ1) is 14.3. The molecule has 0 aromatic heterocycles. The van der Waals surface area contributed by atoms with Crippen LogP contribution in [0.1, 0.15) is 12.0 Å². The Bertz CT molecular complexity index is 1010. The van der Waals surface area contributed by atoms with Gasteiger partial charge in [0.2, 0.25) is 15.9 Å². The van der Waals surface area contributed by atoms with Crippen LogP contribution in [-0.2, 0) is 21.2 Å². The quantitative estimate of drug-likeness (QED) is 0.638. The average Bonchev–Trinajstić information content (AvgIpc) is 2.73. The number of hydrogen-bond acceptors (Lipinski definition) is 5. The first-order valence-electron chi connectivity index (χ1n) is 9.70. The summed E-state index contributed by atoms with van der Waals surface area (Å²) in [4.78, 5) is 14.7. The van der Waals surface area contributed by atoms with Gasteiger partial charge in [-0.05, 0) is 65.3 Å². The van der Waals surface area contributed by atoms with E-state index in [1.165, 1.54) is 10.4 Å². The molecule has 162 valence electrons. The van der Waals surface area contributed by atoms with Crippen LogP contribution in [0.5, 0.6) is 5.75 Å². The molecule has 1 heterocycles. The Morgan fingerprint density at radius 3 is 2.53 bits per heavy atom. The third-order valence-electron chi connectivity index (χ3n) is 5.07. The zero-order valence-corrected chi connectivity index (χ0v) is 19.5. The number of nitrogens with zero attached hydrogens (tertiary/aromatic N) is 2. The molecule has 2 aromatic rings. The molecule has 0 radical (unpaired) electrons. The van der Waals surface area contributed by atoms with Crippen LogP contribution in [0, 0.1) is 0 Å². The number of hydrogen-bond donors (Lipinski definition) is 1. The summed E-state index contributed by atoms with van der Waals surface area (Å²) in [6.45, 7) is 2.34. The van der Waals surface area contributed by atoms with Crippen LogP contribution in [0.2, 0.25) is 0 Å². The molecule has 9 heteroatoms. The summed E-state index contributed by atoms with van der Waals surface area (Å²) in [6, 6.07) is 12.1. The van der Waals surface area contributed by atoms with Crippen molar-refractivity contribution < 1.29 is 17.9 Å². The van der Waals surface area contributed by atoms with Crippen molar-refractivity contribution in [2.75, 3.05) is 45.7 Å². The number of ether oxygens (including phenoxy) is 1. The molecule has 1 aliphatic heterocycles. The normalized spacial score (nSPS) is 15.7. The second-order valence-electron chi connectivity index (χ2n) is 7.25. The number of anilines is 1. The number of sulfonamides is 1. The van der Waals surface area contributed by atoms with Gasteiger partial charge in [-0.15, -0.1) is 0 Å². The SMILES string of the molecule is COc1ccc(CCC(=O)Nc2cccc(S(=O)(=O)N3CCN(C)CC3)c2)cc1Br. The van der Waals surface area contributed by atoms with E-state index >= 15 is 0 Å². The largest absolute Gasteiger partial charge is 0.496 e. The lowest BCUT2D eigenvalue weighted by atomic mass is 10.1. The number of aryl methyl sites for hydroxylation is 1. The maximum Gasteiger partial charge on any atom is 0.243 e. The van der Waals surface area contributed by atoms with E-state index in [1.807, 2.05) is 25.2 Å². The Morgan fingerprint density at radius 2 is 1.87 bits per heavy atom. The number of carbonyl (C=O) groups excluding carboxylic acids is 1. The first kappa shape index (κ1) is 22.7. The zero-order valence-electron chi connectivity index (χ0n) is 17.1. The van der Waals surface area contributed by atoms with Gasteiger partial charge < -0.3 is 15.0 Å². The predicted octanol–water partition coefficient (Wildman–Crippen LogP) is 2.97. The summed E-state index contributed by atoms with van der Waals surface area (Å²) < 4.78 is 33.4. The minimum Gasteiger partial charge on any atom is -0.496 e. The number of amides is 1. The molecule has 1 amide bonds. The van der Waals surface area contributed by atoms with Crippen molar-refractivity contribution in [3.05, 3.63) is 52.5 Å². The fourth-order valence-electron chi connectivity index (χ4n) is 3.26. The van der Waals surface area contributed by atoms with Gasteiger partial charge in [0, 0.05) is 38.3 Å². The summed E-state index contributed by atoms with van der Waals surface area (Å²) in [5.74, 6) is 0.567. The molecule has 7 nitrogen and oxygen atoms in total. The second kappa shape index (κ2) is 9.91. The highest BCUT2D eigenvalue weighted by atomic mass is 79.9. The summed E-state index contributed by atoms with van der Waals surface area (Å²) in [5, 5.41) is 2.81. The summed E-state index contributed by atoms with van der Waals surface area (Å²) in [6.07, 6.45) is 0.849. The number of halogens is 1. The molecular weight excluding hydrogens is 470 g/mol. The van der Waals surface area contributed by atoms with Crippen molar-refractivity contribution >= 4 is 37.5 Å². The smallest absolute Gasteiger partial charge is 0.243 e. The molecule has 30 heavy (non-hydrogen) atoms. The van der Waals surface area contributed by atoms with Crippen molar-refractivity contribution in [2.24, 2.45) is 0 Å². The molecule has 0 aliphatic carbocycles. The van der Waals surface area contributed by atoms with Gasteiger partial charge in [0.15, 0.2) is 0 Å². The van der Waals surface area contributed by atoms with Crippen LogP contribution in [0.4, 0.5) is 5.69 Å². The van der Waals surface area contributed by atoms with Gasteiger partial charge in [-0.2, -0.15) is 4.31 Å². The molecule has 1 N–H and O–H groups in total. The summed E-state index contributed by atoms with van der Waals surface area (Å²) in [5.41, 5.74) is 1.48. The molecule has 0 atom stereocenters. The standard InChI is InChI=1S/C21H26BrN3O4S/c1-24-10-12-25(13-11-24)30(27,28)18-5-3-4-17(15-18)23-21(26)9-7-16-6-8-20(29-2)19(22)14-16/h3-6,8,14-15H,7,9-13H2,1-2H3,(H,23,26). The van der Waals surface area contributed by atoms with Gasteiger partial charge in [-0.3, -0.25) is 4.79 Å². The van der Waals surface area contributed by atoms with E-state index < -0.39 is 10.0 Å². The van der Waals surface area contributed by atoms with Gasteiger partial charge in [0.1, 0.15) is 5.75 Å². The number of carbonyl (C=O) groups is 1. The van der Waals surface area contributed by atoms with Crippen molar-refractivity contribution in [1.82, 2.24) is 9.21 Å². The highest BCUT2D eigenvalue weighted by molar-refractivity contribution is 9.10. The topological polar surface area (TPSA) is 78.9 Å². The maximum absolute atomic E-state index is 12.9. The molecule has 3 rings (SSSR count). The number of rotatable bonds is 7. The Morgan fingerprint density at radius 1 is 1.13 bits per heavy atom. The highest BCUT2D eigenvalue weighted by Gasteiger charge is 2.27. The fraction of sp³-hybridized carbons (Fsp3) is 0.381. The molecular formula is C21H26BrN3O4S. The molecule has 2 aromatic carbocycles. The van der Waals surface area contributed by atoms with Crippen LogP contribution >= 0.6 is 15.9 Å². The lowest BCUT2D eigenvalue weighted by Gasteiger charge is -2.31. The Labute approximate surface area is 186 Å². The zero-order chi connectivity index (χ0) is 21.7. The van der Waals surface area contributed by atoms with E-state index in [0.29, 0.717) is 38.3 Å². The maximum atomic E-state index is 12.9. The van der Waals surface area contributed by atoms with Crippen molar-refractivity contribution in [3.8, 4) is 5.75 Å².